The molecule has 2 aromatic rings. The van der Waals surface area contributed by atoms with Crippen molar-refractivity contribution in [3.05, 3.63) is 64.7 Å². The molecular weight excluding hydrogens is 388 g/mol. The van der Waals surface area contributed by atoms with Gasteiger partial charge in [0.2, 0.25) is 0 Å². The molecular formula is C23H28O5S. The summed E-state index contributed by atoms with van der Waals surface area (Å²) in [5, 5.41) is 40.0. The van der Waals surface area contributed by atoms with Gasteiger partial charge in [0.1, 0.15) is 30.5 Å². The summed E-state index contributed by atoms with van der Waals surface area (Å²) in [6, 6.07) is 14.7. The molecule has 1 heterocycles. The Balaban J connectivity index is 1.59. The van der Waals surface area contributed by atoms with Crippen molar-refractivity contribution in [3.8, 4) is 0 Å². The molecule has 0 spiro atoms. The summed E-state index contributed by atoms with van der Waals surface area (Å²) in [6.07, 6.45) is -0.331. The monoisotopic (exact) mass is 416 g/mol. The van der Waals surface area contributed by atoms with Gasteiger partial charge in [-0.2, -0.15) is 0 Å². The molecule has 2 aliphatic rings. The van der Waals surface area contributed by atoms with Crippen molar-refractivity contribution >= 4 is 11.8 Å². The minimum Gasteiger partial charge on any atom is -0.394 e. The van der Waals surface area contributed by atoms with E-state index in [1.54, 1.807) is 11.8 Å². The third-order valence-electron chi connectivity index (χ3n) is 5.95. The van der Waals surface area contributed by atoms with E-state index in [9.17, 15) is 20.4 Å². The maximum absolute atomic E-state index is 10.4. The van der Waals surface area contributed by atoms with Gasteiger partial charge in [0, 0.05) is 4.90 Å². The number of thioether (sulfide) groups is 1. The maximum Gasteiger partial charge on any atom is 0.113 e. The molecule has 1 saturated heterocycles. The van der Waals surface area contributed by atoms with E-state index in [4.69, 9.17) is 4.74 Å². The zero-order valence-electron chi connectivity index (χ0n) is 16.4. The van der Waals surface area contributed by atoms with Gasteiger partial charge in [0.15, 0.2) is 0 Å². The maximum atomic E-state index is 10.4. The minimum atomic E-state index is -1.37. The van der Waals surface area contributed by atoms with Crippen LogP contribution in [0.2, 0.25) is 0 Å². The predicted molar refractivity (Wildman–Crippen MR) is 112 cm³/mol. The zero-order valence-corrected chi connectivity index (χ0v) is 17.3. The minimum absolute atomic E-state index is 0.426. The third-order valence-corrected chi connectivity index (χ3v) is 6.79. The third kappa shape index (κ3) is 4.38. The van der Waals surface area contributed by atoms with Crippen LogP contribution in [0.3, 0.4) is 0 Å². The first kappa shape index (κ1) is 20.8. The molecule has 0 aromatic heterocycles. The Kier molecular flexibility index (Phi) is 6.30. The Bertz CT molecular complexity index is 834. The number of aliphatic hydroxyl groups is 4. The van der Waals surface area contributed by atoms with Crippen LogP contribution >= 0.6 is 11.8 Å². The molecule has 4 N–H and O–H groups in total. The summed E-state index contributed by atoms with van der Waals surface area (Å²) in [6.45, 7) is -0.426. The Labute approximate surface area is 175 Å². The molecule has 0 unspecified atom stereocenters. The highest BCUT2D eigenvalue weighted by Gasteiger charge is 2.44. The molecule has 2 fully saturated rings. The summed E-state index contributed by atoms with van der Waals surface area (Å²) >= 11 is 1.66. The van der Waals surface area contributed by atoms with Crippen LogP contribution < -0.4 is 0 Å². The van der Waals surface area contributed by atoms with Gasteiger partial charge in [-0.15, -0.1) is 11.8 Å². The molecule has 156 valence electrons. The smallest absolute Gasteiger partial charge is 0.113 e. The van der Waals surface area contributed by atoms with Crippen LogP contribution in [0.25, 0.3) is 0 Å². The van der Waals surface area contributed by atoms with Crippen molar-refractivity contribution in [2.45, 2.75) is 60.6 Å². The summed E-state index contributed by atoms with van der Waals surface area (Å²) in [7, 11) is 0. The second-order valence-corrected chi connectivity index (χ2v) is 8.86. The number of hydrogen-bond donors (Lipinski definition) is 4. The highest BCUT2D eigenvalue weighted by molar-refractivity contribution is 7.98. The van der Waals surface area contributed by atoms with E-state index in [-0.39, 0.29) is 0 Å². The van der Waals surface area contributed by atoms with Crippen LogP contribution in [0.1, 0.15) is 47.1 Å². The first-order valence-corrected chi connectivity index (χ1v) is 11.3. The lowest BCUT2D eigenvalue weighted by Crippen LogP contribution is -2.55. The summed E-state index contributed by atoms with van der Waals surface area (Å²) < 4.78 is 5.73. The van der Waals surface area contributed by atoms with Crippen molar-refractivity contribution in [2.75, 3.05) is 12.9 Å². The highest BCUT2D eigenvalue weighted by atomic mass is 32.2. The number of ether oxygens (including phenoxy) is 1. The fourth-order valence-electron chi connectivity index (χ4n) is 4.03. The predicted octanol–water partition coefficient (Wildman–Crippen LogP) is 2.39. The van der Waals surface area contributed by atoms with Gasteiger partial charge in [0.05, 0.1) is 6.61 Å². The summed E-state index contributed by atoms with van der Waals surface area (Å²) in [5.41, 5.74) is 4.47. The Morgan fingerprint density at radius 1 is 0.931 bits per heavy atom. The van der Waals surface area contributed by atoms with Crippen LogP contribution in [0.15, 0.2) is 47.4 Å². The van der Waals surface area contributed by atoms with E-state index in [0.29, 0.717) is 0 Å². The van der Waals surface area contributed by atoms with Gasteiger partial charge in [0.25, 0.3) is 0 Å². The number of hydrogen-bond acceptors (Lipinski definition) is 6. The molecule has 5 atom stereocenters. The lowest BCUT2D eigenvalue weighted by molar-refractivity contribution is -0.231. The molecule has 0 amide bonds. The van der Waals surface area contributed by atoms with Crippen LogP contribution in [0, 0.1) is 0 Å². The van der Waals surface area contributed by atoms with E-state index in [1.807, 2.05) is 24.5 Å². The lowest BCUT2D eigenvalue weighted by atomic mass is 9.90. The topological polar surface area (TPSA) is 90.2 Å². The average Bonchev–Trinajstić information content (AvgIpc) is 3.58. The van der Waals surface area contributed by atoms with Gasteiger partial charge < -0.3 is 25.2 Å². The quantitative estimate of drug-likeness (QED) is 0.541. The van der Waals surface area contributed by atoms with Crippen LogP contribution in [-0.4, -0.2) is 57.7 Å². The first-order chi connectivity index (χ1) is 14.0. The molecule has 2 aromatic carbocycles. The molecule has 1 aliphatic carbocycles. The summed E-state index contributed by atoms with van der Waals surface area (Å²) in [5.74, 6) is 0.736. The highest BCUT2D eigenvalue weighted by Crippen LogP contribution is 2.40. The van der Waals surface area contributed by atoms with Crippen molar-refractivity contribution in [1.29, 1.82) is 0 Å². The SMILES string of the molecule is CSc1ccc([C@@H]2O[C@H](CO)[C@@H](O)[C@H](O)[C@H]2O)cc1Cc1ccc(C2CC2)cc1. The van der Waals surface area contributed by atoms with Gasteiger partial charge in [-0.05, 0) is 59.8 Å². The number of aliphatic hydroxyl groups excluding tert-OH is 4. The number of benzene rings is 2. The largest absolute Gasteiger partial charge is 0.394 e. The molecule has 5 nitrogen and oxygen atoms in total. The Morgan fingerprint density at radius 3 is 2.24 bits per heavy atom. The van der Waals surface area contributed by atoms with Gasteiger partial charge in [-0.3, -0.25) is 0 Å². The molecule has 29 heavy (non-hydrogen) atoms. The average molecular weight is 417 g/mol. The first-order valence-electron chi connectivity index (χ1n) is 10.1. The fourth-order valence-corrected chi connectivity index (χ4v) is 4.63. The normalized spacial score (nSPS) is 29.8. The fraction of sp³-hybridized carbons (Fsp3) is 0.478. The molecule has 0 radical (unpaired) electrons. The second-order valence-electron chi connectivity index (χ2n) is 8.01. The van der Waals surface area contributed by atoms with E-state index >= 15 is 0 Å². The van der Waals surface area contributed by atoms with Crippen LogP contribution in [-0.2, 0) is 11.2 Å². The van der Waals surface area contributed by atoms with E-state index in [1.165, 1.54) is 24.0 Å². The van der Waals surface area contributed by atoms with Crippen molar-refractivity contribution in [2.24, 2.45) is 0 Å². The van der Waals surface area contributed by atoms with Gasteiger partial charge in [-0.1, -0.05) is 36.4 Å². The Morgan fingerprint density at radius 2 is 1.62 bits per heavy atom. The lowest BCUT2D eigenvalue weighted by Gasteiger charge is -2.40. The summed E-state index contributed by atoms with van der Waals surface area (Å²) in [4.78, 5) is 1.14. The van der Waals surface area contributed by atoms with Crippen molar-refractivity contribution in [1.82, 2.24) is 0 Å². The van der Waals surface area contributed by atoms with Gasteiger partial charge >= 0.3 is 0 Å². The molecule has 4 rings (SSSR count). The molecule has 1 aliphatic heterocycles. The molecule has 6 heteroatoms. The number of rotatable bonds is 6. The van der Waals surface area contributed by atoms with Crippen LogP contribution in [0.5, 0.6) is 0 Å². The zero-order chi connectivity index (χ0) is 20.5. The molecule has 0 bridgehead atoms. The van der Waals surface area contributed by atoms with E-state index in [2.05, 4.69) is 24.3 Å². The van der Waals surface area contributed by atoms with Crippen molar-refractivity contribution < 1.29 is 25.2 Å². The molecule has 1 saturated carbocycles. The van der Waals surface area contributed by atoms with Gasteiger partial charge in [-0.25, -0.2) is 0 Å². The van der Waals surface area contributed by atoms with Crippen LogP contribution in [0.4, 0.5) is 0 Å². The van der Waals surface area contributed by atoms with E-state index < -0.39 is 37.1 Å². The Hall–Kier alpha value is -1.41. The second kappa shape index (κ2) is 8.76. The standard InChI is InChI=1S/C23H28O5S/c1-29-19-9-8-16(23-22(27)21(26)20(25)18(12-24)28-23)11-17(19)10-13-2-4-14(5-3-13)15-6-7-15/h2-5,8-9,11,15,18,20-27H,6-7,10,12H2,1H3/t18-,20-,21+,22-,23+/m1/s1. The van der Waals surface area contributed by atoms with E-state index in [0.717, 1.165) is 28.4 Å². The van der Waals surface area contributed by atoms with Crippen molar-refractivity contribution in [3.63, 3.8) is 0 Å².